The summed E-state index contributed by atoms with van der Waals surface area (Å²) in [6.45, 7) is 2.84. The van der Waals surface area contributed by atoms with Gasteiger partial charge in [-0.05, 0) is 37.4 Å². The minimum Gasteiger partial charge on any atom is -0.306 e. The molecule has 1 heterocycles. The van der Waals surface area contributed by atoms with Crippen molar-refractivity contribution < 1.29 is 13.2 Å². The van der Waals surface area contributed by atoms with Gasteiger partial charge in [0.2, 0.25) is 0 Å². The summed E-state index contributed by atoms with van der Waals surface area (Å²) in [7, 11) is -3.77. The van der Waals surface area contributed by atoms with Crippen LogP contribution in [0.4, 0.5) is 0 Å². The van der Waals surface area contributed by atoms with E-state index in [0.717, 1.165) is 19.4 Å². The summed E-state index contributed by atoms with van der Waals surface area (Å²) in [4.78, 5) is 12.2. The molecule has 2 atom stereocenters. The molecule has 0 aromatic heterocycles. The summed E-state index contributed by atoms with van der Waals surface area (Å²) in [6.07, 6.45) is 2.73. The van der Waals surface area contributed by atoms with Crippen molar-refractivity contribution in [1.29, 1.82) is 0 Å². The molecule has 0 bridgehead atoms. The first kappa shape index (κ1) is 15.0. The van der Waals surface area contributed by atoms with E-state index in [0.29, 0.717) is 12.3 Å². The lowest BCUT2D eigenvalue weighted by Gasteiger charge is -2.28. The number of benzene rings is 1. The van der Waals surface area contributed by atoms with E-state index in [1.807, 2.05) is 0 Å². The Bertz CT molecular complexity index is 557. The maximum absolute atomic E-state index is 12.1. The molecule has 1 amide bonds. The monoisotopic (exact) mass is 296 g/mol. The van der Waals surface area contributed by atoms with Crippen LogP contribution in [-0.2, 0) is 14.8 Å². The molecule has 2 N–H and O–H groups in total. The summed E-state index contributed by atoms with van der Waals surface area (Å²) in [5.41, 5.74) is 0. The molecule has 1 aliphatic rings. The van der Waals surface area contributed by atoms with Gasteiger partial charge in [0.15, 0.2) is 0 Å². The Morgan fingerprint density at radius 1 is 1.35 bits per heavy atom. The van der Waals surface area contributed by atoms with Crippen molar-refractivity contribution in [3.63, 3.8) is 0 Å². The third-order valence-electron chi connectivity index (χ3n) is 3.69. The average molecular weight is 296 g/mol. The zero-order chi connectivity index (χ0) is 14.6. The lowest BCUT2D eigenvalue weighted by molar-refractivity contribution is -0.122. The number of piperidine rings is 1. The van der Waals surface area contributed by atoms with Crippen molar-refractivity contribution in [3.05, 3.63) is 30.3 Å². The van der Waals surface area contributed by atoms with Crippen molar-refractivity contribution >= 4 is 15.9 Å². The van der Waals surface area contributed by atoms with Gasteiger partial charge in [0.25, 0.3) is 15.9 Å². The maximum atomic E-state index is 12.1. The Hall–Kier alpha value is -1.40. The van der Waals surface area contributed by atoms with Crippen molar-refractivity contribution in [2.75, 3.05) is 6.54 Å². The molecule has 1 fully saturated rings. The number of hydrogen-bond donors (Lipinski definition) is 2. The number of nitrogens with one attached hydrogen (secondary N) is 2. The van der Waals surface area contributed by atoms with Crippen molar-refractivity contribution in [3.8, 4) is 0 Å². The second-order valence-corrected chi connectivity index (χ2v) is 6.77. The van der Waals surface area contributed by atoms with Crippen molar-refractivity contribution in [1.82, 2.24) is 10.0 Å². The second-order valence-electron chi connectivity index (χ2n) is 5.09. The standard InChI is InChI=1S/C14H20N2O3S/c1-2-11-8-9-15-13(10-11)14(17)16-20(18,19)12-6-4-3-5-7-12/h3-7,11,13,15H,2,8-10H2,1H3,(H,16,17). The van der Waals surface area contributed by atoms with Gasteiger partial charge in [0.1, 0.15) is 0 Å². The molecule has 5 nitrogen and oxygen atoms in total. The van der Waals surface area contributed by atoms with Crippen LogP contribution in [0.3, 0.4) is 0 Å². The summed E-state index contributed by atoms with van der Waals surface area (Å²) < 4.78 is 26.3. The van der Waals surface area contributed by atoms with E-state index in [2.05, 4.69) is 17.0 Å². The first-order valence-corrected chi connectivity index (χ1v) is 8.36. The van der Waals surface area contributed by atoms with Crippen LogP contribution in [0.25, 0.3) is 0 Å². The quantitative estimate of drug-likeness (QED) is 0.877. The highest BCUT2D eigenvalue weighted by molar-refractivity contribution is 7.90. The van der Waals surface area contributed by atoms with E-state index < -0.39 is 22.0 Å². The third-order valence-corrected chi connectivity index (χ3v) is 5.06. The molecule has 0 radical (unpaired) electrons. The van der Waals surface area contributed by atoms with E-state index in [1.165, 1.54) is 12.1 Å². The molecule has 1 saturated heterocycles. The largest absolute Gasteiger partial charge is 0.306 e. The molecule has 1 aromatic carbocycles. The Labute approximate surface area is 119 Å². The summed E-state index contributed by atoms with van der Waals surface area (Å²) in [5, 5.41) is 3.08. The Morgan fingerprint density at radius 2 is 2.05 bits per heavy atom. The normalized spacial score (nSPS) is 23.2. The first-order chi connectivity index (χ1) is 9.53. The molecule has 1 aliphatic heterocycles. The van der Waals surface area contributed by atoms with Crippen molar-refractivity contribution in [2.45, 2.75) is 37.1 Å². The highest BCUT2D eigenvalue weighted by atomic mass is 32.2. The highest BCUT2D eigenvalue weighted by Gasteiger charge is 2.28. The van der Waals surface area contributed by atoms with Gasteiger partial charge < -0.3 is 5.32 Å². The van der Waals surface area contributed by atoms with Gasteiger partial charge in [-0.3, -0.25) is 4.79 Å². The van der Waals surface area contributed by atoms with E-state index in [-0.39, 0.29) is 4.90 Å². The van der Waals surface area contributed by atoms with Crippen LogP contribution in [0.5, 0.6) is 0 Å². The third kappa shape index (κ3) is 3.58. The molecule has 6 heteroatoms. The molecular weight excluding hydrogens is 276 g/mol. The SMILES string of the molecule is CCC1CCNC(C(=O)NS(=O)(=O)c2ccccc2)C1. The molecule has 0 saturated carbocycles. The van der Waals surface area contributed by atoms with Gasteiger partial charge in [-0.2, -0.15) is 0 Å². The lowest BCUT2D eigenvalue weighted by atomic mass is 9.90. The van der Waals surface area contributed by atoms with Crippen LogP contribution in [-0.4, -0.2) is 26.9 Å². The lowest BCUT2D eigenvalue weighted by Crippen LogP contribution is -2.50. The van der Waals surface area contributed by atoms with Crippen LogP contribution in [0, 0.1) is 5.92 Å². The molecule has 2 rings (SSSR count). The predicted molar refractivity (Wildman–Crippen MR) is 76.6 cm³/mol. The molecule has 0 spiro atoms. The minimum absolute atomic E-state index is 0.108. The number of carbonyl (C=O) groups is 1. The zero-order valence-corrected chi connectivity index (χ0v) is 12.3. The second kappa shape index (κ2) is 6.37. The Kier molecular flexibility index (Phi) is 4.77. The topological polar surface area (TPSA) is 75.3 Å². The summed E-state index contributed by atoms with van der Waals surface area (Å²) >= 11 is 0. The fourth-order valence-electron chi connectivity index (χ4n) is 2.43. The van der Waals surface area contributed by atoms with E-state index >= 15 is 0 Å². The Morgan fingerprint density at radius 3 is 2.70 bits per heavy atom. The van der Waals surface area contributed by atoms with E-state index in [4.69, 9.17) is 0 Å². The van der Waals surface area contributed by atoms with Gasteiger partial charge >= 0.3 is 0 Å². The number of carbonyl (C=O) groups excluding carboxylic acids is 1. The molecule has 0 aliphatic carbocycles. The van der Waals surface area contributed by atoms with Gasteiger partial charge in [0, 0.05) is 0 Å². The van der Waals surface area contributed by atoms with Gasteiger partial charge in [-0.25, -0.2) is 13.1 Å². The van der Waals surface area contributed by atoms with Gasteiger partial charge in [-0.1, -0.05) is 31.5 Å². The average Bonchev–Trinajstić information content (AvgIpc) is 2.48. The Balaban J connectivity index is 2.04. The van der Waals surface area contributed by atoms with Crippen LogP contribution in [0.15, 0.2) is 35.2 Å². The molecule has 2 unspecified atom stereocenters. The molecule has 110 valence electrons. The van der Waals surface area contributed by atoms with Crippen LogP contribution in [0.2, 0.25) is 0 Å². The number of amides is 1. The molecule has 1 aromatic rings. The first-order valence-electron chi connectivity index (χ1n) is 6.88. The smallest absolute Gasteiger partial charge is 0.264 e. The molecule has 20 heavy (non-hydrogen) atoms. The summed E-state index contributed by atoms with van der Waals surface area (Å²) in [6, 6.07) is 7.51. The van der Waals surface area contributed by atoms with Gasteiger partial charge in [-0.15, -0.1) is 0 Å². The van der Waals surface area contributed by atoms with Gasteiger partial charge in [0.05, 0.1) is 10.9 Å². The number of hydrogen-bond acceptors (Lipinski definition) is 4. The summed E-state index contributed by atoms with van der Waals surface area (Å²) in [5.74, 6) is 0.0124. The van der Waals surface area contributed by atoms with E-state index in [9.17, 15) is 13.2 Å². The van der Waals surface area contributed by atoms with Crippen molar-refractivity contribution in [2.24, 2.45) is 5.92 Å². The van der Waals surface area contributed by atoms with E-state index in [1.54, 1.807) is 18.2 Å². The molecular formula is C14H20N2O3S. The number of sulfonamides is 1. The fraction of sp³-hybridized carbons (Fsp3) is 0.500. The zero-order valence-electron chi connectivity index (χ0n) is 11.5. The fourth-order valence-corrected chi connectivity index (χ4v) is 3.47. The highest BCUT2D eigenvalue weighted by Crippen LogP contribution is 2.19. The van der Waals surface area contributed by atoms with Crippen LogP contribution < -0.4 is 10.0 Å². The predicted octanol–water partition coefficient (Wildman–Crippen LogP) is 1.27. The number of rotatable bonds is 4. The maximum Gasteiger partial charge on any atom is 0.264 e. The minimum atomic E-state index is -3.77. The van der Waals surface area contributed by atoms with Crippen LogP contribution >= 0.6 is 0 Å². The van der Waals surface area contributed by atoms with Crippen LogP contribution in [0.1, 0.15) is 26.2 Å².